The van der Waals surface area contributed by atoms with Crippen molar-refractivity contribution in [3.05, 3.63) is 55.0 Å². The lowest BCUT2D eigenvalue weighted by Crippen LogP contribution is -2.61. The predicted molar refractivity (Wildman–Crippen MR) is 196 cm³/mol. The maximum absolute atomic E-state index is 14.4. The predicted octanol–water partition coefficient (Wildman–Crippen LogP) is 3.68. The van der Waals surface area contributed by atoms with Crippen LogP contribution in [0.3, 0.4) is 0 Å². The van der Waals surface area contributed by atoms with E-state index < -0.39 is 73.0 Å². The van der Waals surface area contributed by atoms with Crippen molar-refractivity contribution in [1.29, 1.82) is 0 Å². The summed E-state index contributed by atoms with van der Waals surface area (Å²) < 4.78 is 38.5. The highest BCUT2D eigenvalue weighted by Gasteiger charge is 2.63. The Kier molecular flexibility index (Phi) is 10.2. The Labute approximate surface area is 305 Å². The molecule has 2 heterocycles. The monoisotopic (exact) mass is 738 g/mol. The molecular weight excluding hydrogens is 689 g/mol. The summed E-state index contributed by atoms with van der Waals surface area (Å²) in [4.78, 5) is 61.0. The lowest BCUT2D eigenvalue weighted by Gasteiger charge is -2.36. The number of urea groups is 1. The van der Waals surface area contributed by atoms with Gasteiger partial charge in [-0.2, -0.15) is 0 Å². The average molecular weight is 739 g/mol. The molecule has 14 nitrogen and oxygen atoms in total. The summed E-state index contributed by atoms with van der Waals surface area (Å²) in [5, 5.41) is 9.97. The van der Waals surface area contributed by atoms with Crippen LogP contribution >= 0.6 is 0 Å². The SMILES string of the molecule is C=C[C@@H]1C[C@]1(NC(=O)[C@@H]1C/C(=C/Oc2nccc3cc(OC)ccc23)CN1C(=O)[C@@H](NC(=O)NC(C)(C)C)C(C)(C)C)C(=O)NS(=O)(=O)C1(C)CC1. The number of ether oxygens (including phenoxy) is 2. The van der Waals surface area contributed by atoms with Gasteiger partial charge in [0, 0.05) is 36.0 Å². The van der Waals surface area contributed by atoms with Gasteiger partial charge in [0.05, 0.1) is 18.1 Å². The molecule has 0 radical (unpaired) electrons. The van der Waals surface area contributed by atoms with E-state index in [2.05, 4.69) is 32.2 Å². The first-order valence-corrected chi connectivity index (χ1v) is 18.8. The van der Waals surface area contributed by atoms with E-state index in [1.54, 1.807) is 47.1 Å². The zero-order valence-corrected chi connectivity index (χ0v) is 31.9. The quantitative estimate of drug-likeness (QED) is 0.197. The molecule has 1 aliphatic heterocycles. The normalized spacial score (nSPS) is 23.7. The van der Waals surface area contributed by atoms with Gasteiger partial charge in [-0.1, -0.05) is 26.8 Å². The van der Waals surface area contributed by atoms with Crippen LogP contribution in [-0.4, -0.2) is 83.6 Å². The number of carbonyl (C=O) groups excluding carboxylic acids is 4. The van der Waals surface area contributed by atoms with Crippen molar-refractivity contribution in [3.63, 3.8) is 0 Å². The van der Waals surface area contributed by atoms with Gasteiger partial charge in [-0.15, -0.1) is 6.58 Å². The summed E-state index contributed by atoms with van der Waals surface area (Å²) in [6.07, 6.45) is 5.59. The molecule has 3 aliphatic rings. The molecule has 0 spiro atoms. The Morgan fingerprint density at radius 2 is 1.79 bits per heavy atom. The largest absolute Gasteiger partial charge is 0.497 e. The van der Waals surface area contributed by atoms with E-state index in [1.807, 2.05) is 39.0 Å². The number of nitrogens with zero attached hydrogens (tertiary/aromatic N) is 2. The minimum atomic E-state index is -3.99. The van der Waals surface area contributed by atoms with Crippen molar-refractivity contribution in [2.24, 2.45) is 11.3 Å². The summed E-state index contributed by atoms with van der Waals surface area (Å²) in [5.74, 6) is -1.58. The number of amides is 5. The number of methoxy groups -OCH3 is 1. The zero-order chi connectivity index (χ0) is 38.4. The third-order valence-electron chi connectivity index (χ3n) is 9.82. The van der Waals surface area contributed by atoms with Crippen LogP contribution in [0.15, 0.2) is 55.0 Å². The van der Waals surface area contributed by atoms with Gasteiger partial charge in [-0.25, -0.2) is 18.2 Å². The Hall–Kier alpha value is -4.66. The fourth-order valence-corrected chi connectivity index (χ4v) is 7.54. The molecule has 2 aliphatic carbocycles. The van der Waals surface area contributed by atoms with Crippen LogP contribution in [0.2, 0.25) is 0 Å². The first-order chi connectivity index (χ1) is 24.1. The van der Waals surface area contributed by atoms with Gasteiger partial charge >= 0.3 is 6.03 Å². The molecule has 282 valence electrons. The van der Waals surface area contributed by atoms with E-state index in [1.165, 1.54) is 17.2 Å². The van der Waals surface area contributed by atoms with Crippen LogP contribution in [-0.2, 0) is 24.4 Å². The summed E-state index contributed by atoms with van der Waals surface area (Å²) in [6, 6.07) is 4.54. The molecule has 4 atom stereocenters. The molecule has 2 aromatic rings. The smallest absolute Gasteiger partial charge is 0.315 e. The van der Waals surface area contributed by atoms with Crippen molar-refractivity contribution in [3.8, 4) is 11.6 Å². The Morgan fingerprint density at radius 3 is 2.37 bits per heavy atom. The number of rotatable bonds is 11. The van der Waals surface area contributed by atoms with Gasteiger partial charge in [-0.05, 0) is 87.6 Å². The van der Waals surface area contributed by atoms with Crippen LogP contribution in [0.4, 0.5) is 4.79 Å². The van der Waals surface area contributed by atoms with Crippen LogP contribution < -0.4 is 30.1 Å². The molecule has 0 unspecified atom stereocenters. The summed E-state index contributed by atoms with van der Waals surface area (Å²) >= 11 is 0. The van der Waals surface area contributed by atoms with Crippen molar-refractivity contribution < 1.29 is 37.1 Å². The molecule has 3 fully saturated rings. The van der Waals surface area contributed by atoms with Gasteiger partial charge in [-0.3, -0.25) is 19.1 Å². The van der Waals surface area contributed by atoms with E-state index in [9.17, 15) is 27.6 Å². The highest BCUT2D eigenvalue weighted by molar-refractivity contribution is 7.91. The molecule has 5 rings (SSSR count). The van der Waals surface area contributed by atoms with Crippen LogP contribution in [0.25, 0.3) is 10.8 Å². The van der Waals surface area contributed by atoms with Gasteiger partial charge in [0.2, 0.25) is 27.7 Å². The number of pyridine rings is 1. The number of carbonyl (C=O) groups is 4. The summed E-state index contributed by atoms with van der Waals surface area (Å²) in [7, 11) is -2.41. The molecular formula is C37H50N6O8S. The maximum Gasteiger partial charge on any atom is 0.315 e. The third kappa shape index (κ3) is 8.03. The molecule has 1 aromatic carbocycles. The van der Waals surface area contributed by atoms with E-state index in [0.717, 1.165) is 10.8 Å². The van der Waals surface area contributed by atoms with Crippen molar-refractivity contribution in [1.82, 2.24) is 30.6 Å². The highest BCUT2D eigenvalue weighted by Crippen LogP contribution is 2.47. The van der Waals surface area contributed by atoms with Gasteiger partial charge < -0.3 is 30.3 Å². The van der Waals surface area contributed by atoms with E-state index in [-0.39, 0.29) is 19.4 Å². The number of sulfonamides is 1. The van der Waals surface area contributed by atoms with Crippen LogP contribution in [0.1, 0.15) is 74.1 Å². The lowest BCUT2D eigenvalue weighted by atomic mass is 9.85. The van der Waals surface area contributed by atoms with E-state index in [0.29, 0.717) is 30.0 Å². The molecule has 15 heteroatoms. The second-order valence-electron chi connectivity index (χ2n) is 16.3. The number of fused-ring (bicyclic) bond motifs is 1. The van der Waals surface area contributed by atoms with Crippen LogP contribution in [0, 0.1) is 11.3 Å². The second-order valence-corrected chi connectivity index (χ2v) is 18.5. The first kappa shape index (κ1) is 38.6. The molecule has 0 bridgehead atoms. The van der Waals surface area contributed by atoms with E-state index >= 15 is 0 Å². The average Bonchev–Trinajstić information content (AvgIpc) is 3.94. The number of aromatic nitrogens is 1. The van der Waals surface area contributed by atoms with Gasteiger partial charge in [0.15, 0.2) is 0 Å². The maximum atomic E-state index is 14.4. The molecule has 2 saturated carbocycles. The molecule has 1 aromatic heterocycles. The standard InChI is InChI=1S/C37H50N6O8S/c1-10-24-19-37(24,32(46)42-52(48,49)36(8)14-15-36)40-29(44)27-17-22(21-51-30-26-12-11-25(50-9)18-23(26)13-16-38-30)20-43(27)31(45)28(34(2,3)4)39-33(47)41-35(5,6)7/h10-13,16,18,21,24,27-28H,1,14-15,17,19-20H2,2-9H3,(H,40,44)(H,42,46)(H2,39,41,47)/b22-21-/t24-,27+,28-,37-/m1/s1. The van der Waals surface area contributed by atoms with Crippen molar-refractivity contribution in [2.75, 3.05) is 13.7 Å². The van der Waals surface area contributed by atoms with Gasteiger partial charge in [0.25, 0.3) is 5.91 Å². The highest BCUT2D eigenvalue weighted by atomic mass is 32.2. The third-order valence-corrected chi connectivity index (χ3v) is 12.0. The molecule has 5 amide bonds. The summed E-state index contributed by atoms with van der Waals surface area (Å²) in [6.45, 7) is 16.2. The Bertz CT molecular complexity index is 1930. The van der Waals surface area contributed by atoms with E-state index in [4.69, 9.17) is 9.47 Å². The zero-order valence-electron chi connectivity index (χ0n) is 31.1. The first-order valence-electron chi connectivity index (χ1n) is 17.3. The number of benzene rings is 1. The fraction of sp³-hybridized carbons (Fsp3) is 0.541. The Balaban J connectivity index is 1.45. The number of hydrogen-bond acceptors (Lipinski definition) is 9. The van der Waals surface area contributed by atoms with Gasteiger partial charge in [0.1, 0.15) is 23.4 Å². The minimum Gasteiger partial charge on any atom is -0.497 e. The molecule has 4 N–H and O–H groups in total. The number of hydrogen-bond donors (Lipinski definition) is 4. The van der Waals surface area contributed by atoms with Crippen molar-refractivity contribution >= 4 is 44.5 Å². The summed E-state index contributed by atoms with van der Waals surface area (Å²) in [5.41, 5.74) is -2.34. The van der Waals surface area contributed by atoms with Crippen molar-refractivity contribution in [2.45, 2.75) is 102 Å². The minimum absolute atomic E-state index is 0.0263. The lowest BCUT2D eigenvalue weighted by molar-refractivity contribution is -0.142. The second kappa shape index (κ2) is 13.7. The topological polar surface area (TPSA) is 185 Å². The number of nitrogens with one attached hydrogen (secondary N) is 4. The number of likely N-dealkylation sites (tertiary alicyclic amines) is 1. The van der Waals surface area contributed by atoms with Crippen LogP contribution in [0.5, 0.6) is 11.6 Å². The molecule has 52 heavy (non-hydrogen) atoms. The molecule has 1 saturated heterocycles. The Morgan fingerprint density at radius 1 is 1.10 bits per heavy atom. The fourth-order valence-electron chi connectivity index (χ4n) is 6.23.